The molecule has 0 fully saturated rings. The van der Waals surface area contributed by atoms with Crippen molar-refractivity contribution in [3.63, 3.8) is 0 Å². The van der Waals surface area contributed by atoms with Gasteiger partial charge in [-0.15, -0.1) is 11.3 Å². The van der Waals surface area contributed by atoms with Crippen LogP contribution in [0.4, 0.5) is 5.69 Å². The van der Waals surface area contributed by atoms with E-state index in [2.05, 4.69) is 24.1 Å². The van der Waals surface area contributed by atoms with E-state index in [1.54, 1.807) is 12.5 Å². The maximum Gasteiger partial charge on any atom is 0.275 e. The smallest absolute Gasteiger partial charge is 0.275 e. The van der Waals surface area contributed by atoms with Crippen molar-refractivity contribution in [2.24, 2.45) is 0 Å². The van der Waals surface area contributed by atoms with E-state index < -0.39 is 0 Å². The molecule has 0 aliphatic heterocycles. The number of nitrogens with one attached hydrogen (secondary N) is 1. The van der Waals surface area contributed by atoms with E-state index in [0.29, 0.717) is 12.3 Å². The number of nitrogens with zero attached hydrogens (tertiary/aromatic N) is 1. The Labute approximate surface area is 129 Å². The van der Waals surface area contributed by atoms with Gasteiger partial charge in [-0.1, -0.05) is 32.0 Å². The van der Waals surface area contributed by atoms with Gasteiger partial charge in [0, 0.05) is 18.2 Å². The fourth-order valence-electron chi connectivity index (χ4n) is 2.19. The average molecular weight is 304 g/mol. The molecule has 4 nitrogen and oxygen atoms in total. The number of rotatable bonds is 6. The predicted molar refractivity (Wildman–Crippen MR) is 86.0 cm³/mol. The molecule has 1 aromatic carbocycles. The standard InChI is InChI=1S/C16H20N2O2S/c1-4-11-7-6-8-12(5-2)15(11)18-16(19)13-10-21-14(17-13)9-20-3/h6-8,10H,4-5,9H2,1-3H3,(H,18,19). The first-order valence-electron chi connectivity index (χ1n) is 7.05. The van der Waals surface area contributed by atoms with Gasteiger partial charge in [0.1, 0.15) is 10.7 Å². The van der Waals surface area contributed by atoms with Crippen LogP contribution in [0.5, 0.6) is 0 Å². The Morgan fingerprint density at radius 2 is 1.95 bits per heavy atom. The SMILES string of the molecule is CCc1cccc(CC)c1NC(=O)c1csc(COC)n1. The molecule has 0 aliphatic carbocycles. The fraction of sp³-hybridized carbons (Fsp3) is 0.375. The zero-order chi connectivity index (χ0) is 15.2. The molecule has 0 aliphatic rings. The Morgan fingerprint density at radius 3 is 2.52 bits per heavy atom. The molecule has 0 bridgehead atoms. The van der Waals surface area contributed by atoms with Gasteiger partial charge in [0.2, 0.25) is 0 Å². The third-order valence-electron chi connectivity index (χ3n) is 3.29. The zero-order valence-corrected chi connectivity index (χ0v) is 13.4. The van der Waals surface area contributed by atoms with Crippen LogP contribution in [0.1, 0.15) is 40.5 Å². The van der Waals surface area contributed by atoms with E-state index in [9.17, 15) is 4.79 Å². The minimum absolute atomic E-state index is 0.163. The lowest BCUT2D eigenvalue weighted by molar-refractivity contribution is 0.102. The highest BCUT2D eigenvalue weighted by Gasteiger charge is 2.14. The summed E-state index contributed by atoms with van der Waals surface area (Å²) in [5.74, 6) is -0.163. The molecule has 1 amide bonds. The molecule has 0 spiro atoms. The van der Waals surface area contributed by atoms with Crippen LogP contribution in [-0.2, 0) is 24.2 Å². The number of thiazole rings is 1. The van der Waals surface area contributed by atoms with Crippen LogP contribution in [0.3, 0.4) is 0 Å². The Kier molecular flexibility index (Phi) is 5.47. The number of carbonyl (C=O) groups is 1. The monoisotopic (exact) mass is 304 g/mol. The molecule has 0 saturated carbocycles. The van der Waals surface area contributed by atoms with E-state index in [0.717, 1.165) is 34.7 Å². The lowest BCUT2D eigenvalue weighted by Crippen LogP contribution is -2.15. The summed E-state index contributed by atoms with van der Waals surface area (Å²) in [6, 6.07) is 6.13. The molecule has 112 valence electrons. The summed E-state index contributed by atoms with van der Waals surface area (Å²) in [5, 5.41) is 5.59. The maximum atomic E-state index is 12.4. The number of methoxy groups -OCH3 is 1. The summed E-state index contributed by atoms with van der Waals surface area (Å²) in [4.78, 5) is 16.6. The Bertz CT molecular complexity index is 600. The van der Waals surface area contributed by atoms with Gasteiger partial charge in [-0.3, -0.25) is 4.79 Å². The molecular formula is C16H20N2O2S. The number of carbonyl (C=O) groups excluding carboxylic acids is 1. The number of aryl methyl sites for hydroxylation is 2. The van der Waals surface area contributed by atoms with Crippen molar-refractivity contribution in [3.05, 3.63) is 45.4 Å². The van der Waals surface area contributed by atoms with Gasteiger partial charge in [0.15, 0.2) is 0 Å². The van der Waals surface area contributed by atoms with E-state index >= 15 is 0 Å². The molecule has 0 atom stereocenters. The number of aromatic nitrogens is 1. The van der Waals surface area contributed by atoms with Crippen molar-refractivity contribution in [2.75, 3.05) is 12.4 Å². The Morgan fingerprint density at radius 1 is 1.29 bits per heavy atom. The predicted octanol–water partition coefficient (Wildman–Crippen LogP) is 3.67. The average Bonchev–Trinajstić information content (AvgIpc) is 2.96. The van der Waals surface area contributed by atoms with Gasteiger partial charge in [0.25, 0.3) is 5.91 Å². The number of hydrogen-bond acceptors (Lipinski definition) is 4. The van der Waals surface area contributed by atoms with Gasteiger partial charge in [-0.05, 0) is 24.0 Å². The number of anilines is 1. The number of amides is 1. The van der Waals surface area contributed by atoms with Crippen LogP contribution in [0.15, 0.2) is 23.6 Å². The van der Waals surface area contributed by atoms with Crippen molar-refractivity contribution >= 4 is 22.9 Å². The van der Waals surface area contributed by atoms with Crippen molar-refractivity contribution in [3.8, 4) is 0 Å². The largest absolute Gasteiger partial charge is 0.378 e. The first kappa shape index (κ1) is 15.7. The highest BCUT2D eigenvalue weighted by molar-refractivity contribution is 7.09. The molecule has 2 aromatic rings. The van der Waals surface area contributed by atoms with Crippen LogP contribution < -0.4 is 5.32 Å². The van der Waals surface area contributed by atoms with Gasteiger partial charge in [-0.2, -0.15) is 0 Å². The van der Waals surface area contributed by atoms with E-state index in [-0.39, 0.29) is 5.91 Å². The van der Waals surface area contributed by atoms with Crippen LogP contribution in [0, 0.1) is 0 Å². The Hall–Kier alpha value is -1.72. The summed E-state index contributed by atoms with van der Waals surface area (Å²) in [6.45, 7) is 4.61. The van der Waals surface area contributed by atoms with Gasteiger partial charge < -0.3 is 10.1 Å². The molecule has 21 heavy (non-hydrogen) atoms. The highest BCUT2D eigenvalue weighted by atomic mass is 32.1. The highest BCUT2D eigenvalue weighted by Crippen LogP contribution is 2.23. The number of hydrogen-bond donors (Lipinski definition) is 1. The quantitative estimate of drug-likeness (QED) is 0.886. The van der Waals surface area contributed by atoms with E-state index in [4.69, 9.17) is 4.74 Å². The third kappa shape index (κ3) is 3.68. The molecule has 1 aromatic heterocycles. The first-order valence-corrected chi connectivity index (χ1v) is 7.93. The van der Waals surface area contributed by atoms with Gasteiger partial charge in [0.05, 0.1) is 6.61 Å². The molecule has 0 unspecified atom stereocenters. The van der Waals surface area contributed by atoms with Crippen molar-refractivity contribution in [2.45, 2.75) is 33.3 Å². The second-order valence-corrected chi connectivity index (χ2v) is 5.61. The van der Waals surface area contributed by atoms with Crippen molar-refractivity contribution in [1.82, 2.24) is 4.98 Å². The summed E-state index contributed by atoms with van der Waals surface area (Å²) < 4.78 is 5.03. The second-order valence-electron chi connectivity index (χ2n) is 4.67. The van der Waals surface area contributed by atoms with Crippen LogP contribution in [0.2, 0.25) is 0 Å². The lowest BCUT2D eigenvalue weighted by Gasteiger charge is -2.13. The van der Waals surface area contributed by atoms with Gasteiger partial charge >= 0.3 is 0 Å². The molecule has 2 rings (SSSR count). The minimum atomic E-state index is -0.163. The maximum absolute atomic E-state index is 12.4. The minimum Gasteiger partial charge on any atom is -0.378 e. The van der Waals surface area contributed by atoms with Crippen molar-refractivity contribution in [1.29, 1.82) is 0 Å². The molecule has 1 N–H and O–H groups in total. The number of para-hydroxylation sites is 1. The summed E-state index contributed by atoms with van der Waals surface area (Å²) in [5.41, 5.74) is 3.67. The summed E-state index contributed by atoms with van der Waals surface area (Å²) in [7, 11) is 1.62. The van der Waals surface area contributed by atoms with Crippen LogP contribution in [0.25, 0.3) is 0 Å². The lowest BCUT2D eigenvalue weighted by atomic mass is 10.0. The van der Waals surface area contributed by atoms with Crippen molar-refractivity contribution < 1.29 is 9.53 Å². The molecule has 0 radical (unpaired) electrons. The molecule has 5 heteroatoms. The summed E-state index contributed by atoms with van der Waals surface area (Å²) >= 11 is 1.44. The van der Waals surface area contributed by atoms with E-state index in [1.807, 2.05) is 18.2 Å². The Balaban J connectivity index is 2.22. The van der Waals surface area contributed by atoms with E-state index in [1.165, 1.54) is 11.3 Å². The third-order valence-corrected chi connectivity index (χ3v) is 4.11. The molecule has 0 saturated heterocycles. The zero-order valence-electron chi connectivity index (χ0n) is 12.6. The number of benzene rings is 1. The normalized spacial score (nSPS) is 10.6. The van der Waals surface area contributed by atoms with Crippen LogP contribution in [-0.4, -0.2) is 18.0 Å². The molecular weight excluding hydrogens is 284 g/mol. The molecule has 1 heterocycles. The number of ether oxygens (including phenoxy) is 1. The van der Waals surface area contributed by atoms with Crippen LogP contribution >= 0.6 is 11.3 Å². The second kappa shape index (κ2) is 7.33. The fourth-order valence-corrected chi connectivity index (χ4v) is 2.93. The first-order chi connectivity index (χ1) is 10.2. The topological polar surface area (TPSA) is 51.2 Å². The summed E-state index contributed by atoms with van der Waals surface area (Å²) in [6.07, 6.45) is 1.77. The van der Waals surface area contributed by atoms with Gasteiger partial charge in [-0.25, -0.2) is 4.98 Å².